The molecule has 52 heavy (non-hydrogen) atoms. The molecule has 268 valence electrons. The molecule has 0 spiro atoms. The van der Waals surface area contributed by atoms with Gasteiger partial charge in [-0.25, -0.2) is 0 Å². The van der Waals surface area contributed by atoms with Crippen LogP contribution < -0.4 is 21.5 Å². The van der Waals surface area contributed by atoms with Gasteiger partial charge >= 0.3 is 0 Å². The molecule has 4 N–H and O–H groups in total. The number of allylic oxidation sites excluding steroid dienone is 2. The van der Waals surface area contributed by atoms with Crippen molar-refractivity contribution in [3.05, 3.63) is 86.3 Å². The van der Waals surface area contributed by atoms with Crippen molar-refractivity contribution in [3.8, 4) is 0 Å². The fraction of sp³-hybridized carbons (Fsp3) is 0.343. The number of anilines is 1. The van der Waals surface area contributed by atoms with Crippen molar-refractivity contribution in [3.63, 3.8) is 0 Å². The largest absolute Gasteiger partial charge is 0.384 e. The molecule has 3 aromatic rings. The maximum Gasteiger partial charge on any atom is 0.264 e. The number of hydrogen-bond donors (Lipinski definition) is 4. The average molecular weight is 744 g/mol. The molecule has 1 aromatic heterocycles. The molecule has 7 rings (SSSR count). The van der Waals surface area contributed by atoms with Crippen LogP contribution in [0, 0.1) is 12.8 Å². The van der Waals surface area contributed by atoms with Crippen molar-refractivity contribution >= 4 is 70.2 Å². The van der Waals surface area contributed by atoms with E-state index in [-0.39, 0.29) is 54.6 Å². The lowest BCUT2D eigenvalue weighted by Crippen LogP contribution is -2.54. The first-order valence-electron chi connectivity index (χ1n) is 16.7. The van der Waals surface area contributed by atoms with E-state index in [9.17, 15) is 28.8 Å². The summed E-state index contributed by atoms with van der Waals surface area (Å²) in [7, 11) is 0. The van der Waals surface area contributed by atoms with Gasteiger partial charge in [0.15, 0.2) is 5.82 Å². The molecule has 0 aliphatic carbocycles. The highest BCUT2D eigenvalue weighted by atomic mass is 35.5. The maximum atomic E-state index is 13.3. The Hall–Kier alpha value is -5.35. The fourth-order valence-electron chi connectivity index (χ4n) is 6.96. The summed E-state index contributed by atoms with van der Waals surface area (Å²) < 4.78 is 2.05. The van der Waals surface area contributed by atoms with Crippen molar-refractivity contribution in [1.82, 2.24) is 35.8 Å². The maximum absolute atomic E-state index is 13.3. The third-order valence-corrected chi connectivity index (χ3v) is 11.3. The molecule has 1 fully saturated rings. The van der Waals surface area contributed by atoms with E-state index in [0.29, 0.717) is 22.4 Å². The fourth-order valence-corrected chi connectivity index (χ4v) is 8.60. The average Bonchev–Trinajstić information content (AvgIpc) is 3.69. The molecule has 5 heterocycles. The Labute approximate surface area is 307 Å². The zero-order valence-corrected chi connectivity index (χ0v) is 29.9. The molecule has 0 saturated carbocycles. The number of amides is 6. The normalized spacial score (nSPS) is 22.3. The summed E-state index contributed by atoms with van der Waals surface area (Å²) in [5, 5.41) is 14.5. The van der Waals surface area contributed by atoms with Gasteiger partial charge in [0.05, 0.1) is 34.6 Å². The van der Waals surface area contributed by atoms with Crippen LogP contribution in [0.25, 0.3) is 0 Å². The molecule has 4 atom stereocenters. The Morgan fingerprint density at radius 3 is 2.48 bits per heavy atom. The Morgan fingerprint density at radius 1 is 0.981 bits per heavy atom. The minimum Gasteiger partial charge on any atom is -0.384 e. The number of aromatic nitrogens is 3. The zero-order valence-electron chi connectivity index (χ0n) is 28.4. The number of fused-ring (bicyclic) bond motifs is 4. The quantitative estimate of drug-likeness (QED) is 0.196. The van der Waals surface area contributed by atoms with Gasteiger partial charge in [-0.05, 0) is 61.9 Å². The van der Waals surface area contributed by atoms with Crippen LogP contribution >= 0.6 is 23.4 Å². The summed E-state index contributed by atoms with van der Waals surface area (Å²) in [6.07, 6.45) is -0.158. The number of nitrogens with one attached hydrogen (secondary N) is 4. The molecule has 6 amide bonds. The van der Waals surface area contributed by atoms with Gasteiger partial charge in [0, 0.05) is 30.1 Å². The van der Waals surface area contributed by atoms with Gasteiger partial charge in [0.1, 0.15) is 17.9 Å². The third-order valence-electron chi connectivity index (χ3n) is 9.63. The van der Waals surface area contributed by atoms with Crippen LogP contribution in [0.3, 0.4) is 0 Å². The monoisotopic (exact) mass is 743 g/mol. The topological polar surface area (TPSA) is 197 Å². The molecule has 17 heteroatoms. The first kappa shape index (κ1) is 35.1. The number of carbonyl (C=O) groups excluding carboxylic acids is 6. The highest BCUT2D eigenvalue weighted by Gasteiger charge is 2.46. The van der Waals surface area contributed by atoms with Crippen LogP contribution in [0.4, 0.5) is 5.69 Å². The van der Waals surface area contributed by atoms with Gasteiger partial charge < -0.3 is 5.32 Å². The number of aryl methyl sites for hydroxylation is 1. The van der Waals surface area contributed by atoms with E-state index >= 15 is 0 Å². The second-order valence-corrected chi connectivity index (χ2v) is 14.7. The van der Waals surface area contributed by atoms with Crippen molar-refractivity contribution in [2.45, 2.75) is 63.9 Å². The smallest absolute Gasteiger partial charge is 0.264 e. The molecule has 15 nitrogen and oxygen atoms in total. The first-order chi connectivity index (χ1) is 24.9. The second-order valence-electron chi connectivity index (χ2n) is 12.9. The molecule has 4 aliphatic heterocycles. The number of carbonyl (C=O) groups is 6. The third kappa shape index (κ3) is 6.36. The number of imide groups is 2. The zero-order chi connectivity index (χ0) is 36.8. The van der Waals surface area contributed by atoms with Crippen LogP contribution in [0.2, 0.25) is 5.02 Å². The predicted octanol–water partition coefficient (Wildman–Crippen LogP) is 3.38. The SMILES string of the molecule is CC1=C(C)C2C(c3ccc(Cl)cc3)=N[C@@H](CC(=O)NNC(=O)CCNc3cccc4c3C(=O)N(C3CCC(=O)NC3=O)C4=O)c3nnc(C)n3C2S1. The predicted molar refractivity (Wildman–Crippen MR) is 191 cm³/mol. The molecule has 4 aliphatic rings. The van der Waals surface area contributed by atoms with Gasteiger partial charge in [0.2, 0.25) is 23.6 Å². The van der Waals surface area contributed by atoms with E-state index < -0.39 is 47.5 Å². The number of nitrogens with zero attached hydrogens (tertiary/aromatic N) is 5. The second kappa shape index (κ2) is 14.0. The van der Waals surface area contributed by atoms with Gasteiger partial charge in [-0.15, -0.1) is 22.0 Å². The van der Waals surface area contributed by atoms with Crippen LogP contribution in [-0.4, -0.2) is 73.4 Å². The van der Waals surface area contributed by atoms with Crippen molar-refractivity contribution in [1.29, 1.82) is 0 Å². The lowest BCUT2D eigenvalue weighted by Gasteiger charge is -2.27. The van der Waals surface area contributed by atoms with Gasteiger partial charge in [-0.3, -0.25) is 59.4 Å². The summed E-state index contributed by atoms with van der Waals surface area (Å²) in [5.74, 6) is -2.27. The van der Waals surface area contributed by atoms with Crippen LogP contribution in [0.1, 0.15) is 88.9 Å². The van der Waals surface area contributed by atoms with E-state index in [1.165, 1.54) is 16.5 Å². The van der Waals surface area contributed by atoms with Gasteiger partial charge in [0.25, 0.3) is 11.8 Å². The van der Waals surface area contributed by atoms with Crippen LogP contribution in [-0.2, 0) is 19.2 Å². The molecule has 0 radical (unpaired) electrons. The van der Waals surface area contributed by atoms with Crippen molar-refractivity contribution < 1.29 is 28.8 Å². The Balaban J connectivity index is 0.997. The number of piperidine rings is 1. The number of aliphatic imine (C=N–C) groups is 1. The number of thioether (sulfide) groups is 1. The van der Waals surface area contributed by atoms with Crippen molar-refractivity contribution in [2.75, 3.05) is 11.9 Å². The molecule has 2 aromatic carbocycles. The molecular formula is C35H34ClN9O6S. The van der Waals surface area contributed by atoms with Crippen molar-refractivity contribution in [2.24, 2.45) is 10.9 Å². The van der Waals surface area contributed by atoms with Gasteiger partial charge in [-0.1, -0.05) is 35.4 Å². The number of benzene rings is 2. The van der Waals surface area contributed by atoms with E-state index in [1.54, 1.807) is 23.9 Å². The molecule has 1 saturated heterocycles. The minimum atomic E-state index is -1.09. The van der Waals surface area contributed by atoms with Crippen LogP contribution in [0.15, 0.2) is 57.9 Å². The standard InChI is InChI=1S/C35H34ClN9O6S/c1-16-17(2)52-35-28(16)30(19-7-9-20(36)10-8-19)38-23(31-43-40-18(3)44(31)35)15-27(48)42-41-26(47)13-14-37-22-6-4-5-21-29(22)34(51)45(33(21)50)24-11-12-25(46)39-32(24)49/h4-10,23-24,28,35,37H,11-15H2,1-3H3,(H,41,47)(H,42,48)(H,39,46,49)/t23-,24?,28?,35?/m0/s1. The summed E-state index contributed by atoms with van der Waals surface area (Å²) in [6.45, 7) is 6.11. The Morgan fingerprint density at radius 2 is 1.73 bits per heavy atom. The summed E-state index contributed by atoms with van der Waals surface area (Å²) in [5.41, 5.74) is 8.30. The highest BCUT2D eigenvalue weighted by Crippen LogP contribution is 2.52. The van der Waals surface area contributed by atoms with E-state index in [1.807, 2.05) is 35.8 Å². The first-order valence-corrected chi connectivity index (χ1v) is 17.9. The lowest BCUT2D eigenvalue weighted by molar-refractivity contribution is -0.136. The number of hydrazine groups is 1. The number of halogens is 1. The lowest BCUT2D eigenvalue weighted by atomic mass is 9.90. The van der Waals surface area contributed by atoms with E-state index in [0.717, 1.165) is 16.2 Å². The molecule has 3 unspecified atom stereocenters. The number of hydrogen-bond acceptors (Lipinski definition) is 11. The number of rotatable bonds is 8. The van der Waals surface area contributed by atoms with Crippen LogP contribution in [0.5, 0.6) is 0 Å². The summed E-state index contributed by atoms with van der Waals surface area (Å²) in [6, 6.07) is 10.3. The minimum absolute atomic E-state index is 0.0112. The van der Waals surface area contributed by atoms with E-state index in [4.69, 9.17) is 16.6 Å². The van der Waals surface area contributed by atoms with Gasteiger partial charge in [-0.2, -0.15) is 0 Å². The summed E-state index contributed by atoms with van der Waals surface area (Å²) >= 11 is 7.92. The highest BCUT2D eigenvalue weighted by molar-refractivity contribution is 8.03. The molecule has 0 bridgehead atoms. The summed E-state index contributed by atoms with van der Waals surface area (Å²) in [4.78, 5) is 83.7. The van der Waals surface area contributed by atoms with E-state index in [2.05, 4.69) is 45.5 Å². The Kier molecular flexibility index (Phi) is 9.44. The molecular weight excluding hydrogens is 710 g/mol. The Bertz CT molecular complexity index is 2110.